The summed E-state index contributed by atoms with van der Waals surface area (Å²) in [6.45, 7) is 5.23. The van der Waals surface area contributed by atoms with Crippen LogP contribution in [0.4, 0.5) is 0 Å². The van der Waals surface area contributed by atoms with Crippen LogP contribution in [-0.4, -0.2) is 12.9 Å². The SMILES string of the molecule is C=C(C)OCC=O. The van der Waals surface area contributed by atoms with E-state index in [9.17, 15) is 4.79 Å². The van der Waals surface area contributed by atoms with Gasteiger partial charge in [0.1, 0.15) is 6.61 Å². The van der Waals surface area contributed by atoms with Crippen LogP contribution in [0.15, 0.2) is 12.3 Å². The first kappa shape index (κ1) is 6.21. The topological polar surface area (TPSA) is 26.3 Å². The van der Waals surface area contributed by atoms with E-state index >= 15 is 0 Å². The Morgan fingerprint density at radius 2 is 2.57 bits per heavy atom. The number of hydrogen-bond donors (Lipinski definition) is 0. The van der Waals surface area contributed by atoms with E-state index in [1.807, 2.05) is 0 Å². The maximum Gasteiger partial charge on any atom is 0.157 e. The minimum atomic E-state index is 0.120. The fourth-order valence-electron chi connectivity index (χ4n) is 0.176. The quantitative estimate of drug-likeness (QED) is 0.386. The summed E-state index contributed by atoms with van der Waals surface area (Å²) in [4.78, 5) is 9.54. The van der Waals surface area contributed by atoms with Crippen molar-refractivity contribution in [1.29, 1.82) is 0 Å². The Bertz CT molecular complexity index is 76.1. The van der Waals surface area contributed by atoms with Gasteiger partial charge in [0.15, 0.2) is 6.29 Å². The molecule has 0 saturated carbocycles. The van der Waals surface area contributed by atoms with Crippen molar-refractivity contribution < 1.29 is 9.53 Å². The highest BCUT2D eigenvalue weighted by Crippen LogP contribution is 1.84. The molecule has 2 heteroatoms. The van der Waals surface area contributed by atoms with Gasteiger partial charge in [0.2, 0.25) is 0 Å². The van der Waals surface area contributed by atoms with E-state index in [1.54, 1.807) is 6.92 Å². The van der Waals surface area contributed by atoms with Crippen LogP contribution in [0.1, 0.15) is 6.92 Å². The molecule has 7 heavy (non-hydrogen) atoms. The second kappa shape index (κ2) is 3.40. The van der Waals surface area contributed by atoms with Crippen molar-refractivity contribution in [2.24, 2.45) is 0 Å². The molecular weight excluding hydrogens is 92.1 g/mol. The maximum atomic E-state index is 9.54. The molecule has 0 amide bonds. The van der Waals surface area contributed by atoms with Gasteiger partial charge in [-0.05, 0) is 6.92 Å². The molecule has 0 N–H and O–H groups in total. The molecule has 0 aliphatic rings. The van der Waals surface area contributed by atoms with Crippen LogP contribution in [0.3, 0.4) is 0 Å². The lowest BCUT2D eigenvalue weighted by Crippen LogP contribution is -1.89. The van der Waals surface area contributed by atoms with Gasteiger partial charge in [-0.1, -0.05) is 6.58 Å². The Morgan fingerprint density at radius 3 is 2.71 bits per heavy atom. The largest absolute Gasteiger partial charge is 0.491 e. The molecule has 0 spiro atoms. The molecule has 0 fully saturated rings. The van der Waals surface area contributed by atoms with Gasteiger partial charge >= 0.3 is 0 Å². The molecule has 0 rings (SSSR count). The van der Waals surface area contributed by atoms with E-state index in [0.717, 1.165) is 0 Å². The third-order valence-electron chi connectivity index (χ3n) is 0.398. The third kappa shape index (κ3) is 5.21. The van der Waals surface area contributed by atoms with Gasteiger partial charge in [-0.25, -0.2) is 0 Å². The van der Waals surface area contributed by atoms with Gasteiger partial charge in [-0.15, -0.1) is 0 Å². The second-order valence-electron chi connectivity index (χ2n) is 1.18. The van der Waals surface area contributed by atoms with Crippen LogP contribution in [0.25, 0.3) is 0 Å². The molecular formula is C5H8O2. The monoisotopic (exact) mass is 100 g/mol. The first-order chi connectivity index (χ1) is 3.27. The molecule has 0 aromatic heterocycles. The zero-order chi connectivity index (χ0) is 5.70. The Morgan fingerprint density at radius 1 is 2.00 bits per heavy atom. The second-order valence-corrected chi connectivity index (χ2v) is 1.18. The number of ether oxygens (including phenoxy) is 1. The standard InChI is InChI=1S/C5H8O2/c1-5(2)7-4-3-6/h3H,1,4H2,2H3. The van der Waals surface area contributed by atoms with E-state index in [-0.39, 0.29) is 6.61 Å². The summed E-state index contributed by atoms with van der Waals surface area (Å²) >= 11 is 0. The van der Waals surface area contributed by atoms with Crippen LogP contribution >= 0.6 is 0 Å². The smallest absolute Gasteiger partial charge is 0.157 e. The number of aldehydes is 1. The van der Waals surface area contributed by atoms with Crippen LogP contribution in [0.2, 0.25) is 0 Å². The predicted octanol–water partition coefficient (Wildman–Crippen LogP) is 0.735. The van der Waals surface area contributed by atoms with Crippen molar-refractivity contribution in [1.82, 2.24) is 0 Å². The molecule has 0 heterocycles. The van der Waals surface area contributed by atoms with E-state index < -0.39 is 0 Å². The lowest BCUT2D eigenvalue weighted by molar-refractivity contribution is -0.110. The Hall–Kier alpha value is -0.790. The van der Waals surface area contributed by atoms with Gasteiger partial charge < -0.3 is 4.74 Å². The highest BCUT2D eigenvalue weighted by molar-refractivity contribution is 5.50. The summed E-state index contributed by atoms with van der Waals surface area (Å²) in [5, 5.41) is 0. The summed E-state index contributed by atoms with van der Waals surface area (Å²) < 4.78 is 4.63. The number of allylic oxidation sites excluding steroid dienone is 1. The lowest BCUT2D eigenvalue weighted by Gasteiger charge is -1.94. The molecule has 40 valence electrons. The normalized spacial score (nSPS) is 7.57. The third-order valence-corrected chi connectivity index (χ3v) is 0.398. The highest BCUT2D eigenvalue weighted by Gasteiger charge is 1.78. The van der Waals surface area contributed by atoms with Crippen molar-refractivity contribution in [2.75, 3.05) is 6.61 Å². The molecule has 0 radical (unpaired) electrons. The minimum Gasteiger partial charge on any atom is -0.491 e. The predicted molar refractivity (Wildman–Crippen MR) is 26.8 cm³/mol. The lowest BCUT2D eigenvalue weighted by atomic mass is 10.6. The van der Waals surface area contributed by atoms with Gasteiger partial charge in [0.05, 0.1) is 5.76 Å². The highest BCUT2D eigenvalue weighted by atomic mass is 16.5. The Balaban J connectivity index is 2.97. The number of rotatable bonds is 3. The fourth-order valence-corrected chi connectivity index (χ4v) is 0.176. The molecule has 2 nitrogen and oxygen atoms in total. The van der Waals surface area contributed by atoms with E-state index in [1.165, 1.54) is 0 Å². The molecule has 0 saturated heterocycles. The average Bonchev–Trinajstić information content (AvgIpc) is 1.61. The molecule has 0 aliphatic carbocycles. The van der Waals surface area contributed by atoms with Gasteiger partial charge in [-0.2, -0.15) is 0 Å². The van der Waals surface area contributed by atoms with Gasteiger partial charge in [0.25, 0.3) is 0 Å². The first-order valence-electron chi connectivity index (χ1n) is 1.99. The van der Waals surface area contributed by atoms with Crippen molar-refractivity contribution in [3.63, 3.8) is 0 Å². The molecule has 0 bridgehead atoms. The Kier molecular flexibility index (Phi) is 3.02. The van der Waals surface area contributed by atoms with Crippen molar-refractivity contribution in [3.05, 3.63) is 12.3 Å². The van der Waals surface area contributed by atoms with Crippen molar-refractivity contribution >= 4 is 6.29 Å². The maximum absolute atomic E-state index is 9.54. The van der Waals surface area contributed by atoms with Crippen molar-refractivity contribution in [3.8, 4) is 0 Å². The number of hydrogen-bond acceptors (Lipinski definition) is 2. The zero-order valence-corrected chi connectivity index (χ0v) is 4.31. The summed E-state index contributed by atoms with van der Waals surface area (Å²) in [6, 6.07) is 0. The Labute approximate surface area is 42.8 Å². The van der Waals surface area contributed by atoms with Crippen LogP contribution in [-0.2, 0) is 9.53 Å². The van der Waals surface area contributed by atoms with Gasteiger partial charge in [0, 0.05) is 0 Å². The summed E-state index contributed by atoms with van der Waals surface area (Å²) in [6.07, 6.45) is 0.689. The van der Waals surface area contributed by atoms with E-state index in [2.05, 4.69) is 11.3 Å². The van der Waals surface area contributed by atoms with E-state index in [4.69, 9.17) is 0 Å². The van der Waals surface area contributed by atoms with Crippen LogP contribution in [0.5, 0.6) is 0 Å². The average molecular weight is 100 g/mol. The zero-order valence-electron chi connectivity index (χ0n) is 4.31. The fraction of sp³-hybridized carbons (Fsp3) is 0.400. The molecule has 0 aromatic carbocycles. The molecule has 0 unspecified atom stereocenters. The molecule has 0 aliphatic heterocycles. The van der Waals surface area contributed by atoms with Crippen LogP contribution in [0, 0.1) is 0 Å². The van der Waals surface area contributed by atoms with Crippen molar-refractivity contribution in [2.45, 2.75) is 6.92 Å². The molecule has 0 aromatic rings. The number of carbonyl (C=O) groups is 1. The summed E-state index contributed by atoms with van der Waals surface area (Å²) in [5.74, 6) is 0.576. The first-order valence-corrected chi connectivity index (χ1v) is 1.99. The van der Waals surface area contributed by atoms with Crippen LogP contribution < -0.4 is 0 Å². The number of carbonyl (C=O) groups excluding carboxylic acids is 1. The summed E-state index contributed by atoms with van der Waals surface area (Å²) in [7, 11) is 0. The molecule has 0 atom stereocenters. The minimum absolute atomic E-state index is 0.120. The summed E-state index contributed by atoms with van der Waals surface area (Å²) in [5.41, 5.74) is 0. The van der Waals surface area contributed by atoms with Gasteiger partial charge in [-0.3, -0.25) is 4.79 Å². The van der Waals surface area contributed by atoms with E-state index in [0.29, 0.717) is 12.0 Å².